The molecule has 2 aromatic rings. The van der Waals surface area contributed by atoms with Crippen LogP contribution >= 0.6 is 11.3 Å². The van der Waals surface area contributed by atoms with Gasteiger partial charge in [0.1, 0.15) is 10.8 Å². The van der Waals surface area contributed by atoms with Crippen LogP contribution in [0.15, 0.2) is 17.8 Å². The molecule has 0 aliphatic heterocycles. The van der Waals surface area contributed by atoms with E-state index in [4.69, 9.17) is 0 Å². The van der Waals surface area contributed by atoms with Gasteiger partial charge in [0.15, 0.2) is 0 Å². The van der Waals surface area contributed by atoms with Gasteiger partial charge in [0.2, 0.25) is 0 Å². The van der Waals surface area contributed by atoms with Crippen molar-refractivity contribution in [3.63, 3.8) is 0 Å². The van der Waals surface area contributed by atoms with Gasteiger partial charge in [-0.05, 0) is 13.0 Å². The maximum atomic E-state index is 4.63. The summed E-state index contributed by atoms with van der Waals surface area (Å²) < 4.78 is 0. The van der Waals surface area contributed by atoms with Crippen LogP contribution in [0, 0.1) is 0 Å². The second-order valence-electron chi connectivity index (χ2n) is 4.53. The van der Waals surface area contributed by atoms with Crippen molar-refractivity contribution in [1.82, 2.24) is 19.9 Å². The molecule has 0 fully saturated rings. The molecule has 0 radical (unpaired) electrons. The van der Waals surface area contributed by atoms with E-state index < -0.39 is 0 Å². The number of nitrogens with zero attached hydrogens (tertiary/aromatic N) is 3. The Morgan fingerprint density at radius 1 is 1.41 bits per heavy atom. The summed E-state index contributed by atoms with van der Waals surface area (Å²) in [6.07, 6.45) is 3.63. The molecule has 2 rings (SSSR count). The highest BCUT2D eigenvalue weighted by atomic mass is 32.1. The van der Waals surface area contributed by atoms with Gasteiger partial charge in [-0.15, -0.1) is 11.3 Å². The van der Waals surface area contributed by atoms with Crippen LogP contribution < -0.4 is 0 Å². The van der Waals surface area contributed by atoms with Gasteiger partial charge in [-0.1, -0.05) is 13.8 Å². The fraction of sp³-hybridized carbons (Fsp3) is 0.500. The molecule has 0 saturated heterocycles. The zero-order valence-electron chi connectivity index (χ0n) is 10.5. The molecule has 0 aliphatic carbocycles. The fourth-order valence-corrected chi connectivity index (χ4v) is 2.62. The van der Waals surface area contributed by atoms with E-state index in [0.29, 0.717) is 5.92 Å². The zero-order valence-corrected chi connectivity index (χ0v) is 11.3. The van der Waals surface area contributed by atoms with Gasteiger partial charge in [-0.25, -0.2) is 9.97 Å². The van der Waals surface area contributed by atoms with Crippen molar-refractivity contribution >= 4 is 11.3 Å². The molecule has 1 N–H and O–H groups in total. The lowest BCUT2D eigenvalue weighted by atomic mass is 10.2. The average Bonchev–Trinajstić information content (AvgIpc) is 2.88. The number of rotatable bonds is 5. The Morgan fingerprint density at radius 3 is 2.82 bits per heavy atom. The van der Waals surface area contributed by atoms with Gasteiger partial charge in [0.25, 0.3) is 0 Å². The Kier molecular flexibility index (Phi) is 3.91. The molecule has 0 amide bonds. The largest absolute Gasteiger partial charge is 0.348 e. The van der Waals surface area contributed by atoms with Crippen LogP contribution in [0.1, 0.15) is 36.3 Å². The SMILES string of the molecule is CC(C)c1csc(CN(C)Cc2ncc[nH]2)n1. The smallest absolute Gasteiger partial charge is 0.120 e. The maximum Gasteiger partial charge on any atom is 0.120 e. The first-order chi connectivity index (χ1) is 8.15. The lowest BCUT2D eigenvalue weighted by Gasteiger charge is -2.12. The number of H-pyrrole nitrogens is 1. The molecule has 0 atom stereocenters. The number of hydrogen-bond acceptors (Lipinski definition) is 4. The molecular formula is C12H18N4S. The molecule has 2 heterocycles. The summed E-state index contributed by atoms with van der Waals surface area (Å²) in [5.74, 6) is 1.50. The fourth-order valence-electron chi connectivity index (χ4n) is 1.59. The Labute approximate surface area is 106 Å². The number of aromatic amines is 1. The van der Waals surface area contributed by atoms with Gasteiger partial charge in [0, 0.05) is 17.8 Å². The summed E-state index contributed by atoms with van der Waals surface area (Å²) >= 11 is 1.74. The number of aromatic nitrogens is 3. The van der Waals surface area contributed by atoms with Gasteiger partial charge < -0.3 is 4.98 Å². The van der Waals surface area contributed by atoms with E-state index in [1.165, 1.54) is 10.7 Å². The van der Waals surface area contributed by atoms with Crippen LogP contribution in [0.25, 0.3) is 0 Å². The first-order valence-electron chi connectivity index (χ1n) is 5.76. The summed E-state index contributed by atoms with van der Waals surface area (Å²) in [6.45, 7) is 6.04. The molecule has 17 heavy (non-hydrogen) atoms. The maximum absolute atomic E-state index is 4.63. The minimum atomic E-state index is 0.510. The van der Waals surface area contributed by atoms with Crippen molar-refractivity contribution < 1.29 is 0 Å². The molecule has 5 heteroatoms. The predicted octanol–water partition coefficient (Wildman–Crippen LogP) is 2.62. The van der Waals surface area contributed by atoms with Crippen molar-refractivity contribution in [2.24, 2.45) is 0 Å². The number of nitrogens with one attached hydrogen (secondary N) is 1. The molecule has 0 spiro atoms. The van der Waals surface area contributed by atoms with Gasteiger partial charge in [-0.2, -0.15) is 0 Å². The van der Waals surface area contributed by atoms with Crippen LogP contribution in [0.2, 0.25) is 0 Å². The zero-order chi connectivity index (χ0) is 12.3. The van der Waals surface area contributed by atoms with Crippen molar-refractivity contribution in [3.8, 4) is 0 Å². The van der Waals surface area contributed by atoms with E-state index in [9.17, 15) is 0 Å². The third kappa shape index (κ3) is 3.38. The second-order valence-corrected chi connectivity index (χ2v) is 5.47. The van der Waals surface area contributed by atoms with Crippen LogP contribution in [0.4, 0.5) is 0 Å². The number of hydrogen-bond donors (Lipinski definition) is 1. The van der Waals surface area contributed by atoms with Crippen LogP contribution in [0.5, 0.6) is 0 Å². The molecule has 0 aromatic carbocycles. The normalized spacial score (nSPS) is 11.6. The Balaban J connectivity index is 1.91. The highest BCUT2D eigenvalue weighted by molar-refractivity contribution is 7.09. The predicted molar refractivity (Wildman–Crippen MR) is 70.0 cm³/mol. The number of imidazole rings is 1. The molecule has 0 unspecified atom stereocenters. The molecule has 0 aliphatic rings. The summed E-state index contributed by atoms with van der Waals surface area (Å²) in [6, 6.07) is 0. The quantitative estimate of drug-likeness (QED) is 0.887. The Morgan fingerprint density at radius 2 is 2.24 bits per heavy atom. The minimum absolute atomic E-state index is 0.510. The van der Waals surface area contributed by atoms with Gasteiger partial charge in [0.05, 0.1) is 18.8 Å². The standard InChI is InChI=1S/C12H18N4S/c1-9(2)10-8-17-12(15-10)7-16(3)6-11-13-4-5-14-11/h4-5,8-9H,6-7H2,1-3H3,(H,13,14). The third-order valence-corrected chi connectivity index (χ3v) is 3.39. The number of thiazole rings is 1. The molecule has 0 bridgehead atoms. The average molecular weight is 250 g/mol. The monoisotopic (exact) mass is 250 g/mol. The van der Waals surface area contributed by atoms with E-state index in [1.54, 1.807) is 17.5 Å². The van der Waals surface area contributed by atoms with E-state index in [0.717, 1.165) is 18.9 Å². The first kappa shape index (κ1) is 12.3. The molecular weight excluding hydrogens is 232 g/mol. The first-order valence-corrected chi connectivity index (χ1v) is 6.64. The van der Waals surface area contributed by atoms with Crippen LogP contribution in [0.3, 0.4) is 0 Å². The summed E-state index contributed by atoms with van der Waals surface area (Å²) in [5.41, 5.74) is 1.19. The van der Waals surface area contributed by atoms with Gasteiger partial charge in [-0.3, -0.25) is 4.90 Å². The molecule has 92 valence electrons. The van der Waals surface area contributed by atoms with E-state index >= 15 is 0 Å². The highest BCUT2D eigenvalue weighted by Crippen LogP contribution is 2.18. The summed E-state index contributed by atoms with van der Waals surface area (Å²) in [4.78, 5) is 14.2. The second kappa shape index (κ2) is 5.42. The lowest BCUT2D eigenvalue weighted by Crippen LogP contribution is -2.18. The highest BCUT2D eigenvalue weighted by Gasteiger charge is 2.08. The third-order valence-electron chi connectivity index (χ3n) is 2.54. The van der Waals surface area contributed by atoms with Crippen molar-refractivity contribution in [1.29, 1.82) is 0 Å². The van der Waals surface area contributed by atoms with Crippen molar-refractivity contribution in [3.05, 3.63) is 34.3 Å². The summed E-state index contributed by atoms with van der Waals surface area (Å²) in [7, 11) is 2.08. The Hall–Kier alpha value is -1.20. The lowest BCUT2D eigenvalue weighted by molar-refractivity contribution is 0.311. The van der Waals surface area contributed by atoms with Crippen molar-refractivity contribution in [2.45, 2.75) is 32.9 Å². The molecule has 4 nitrogen and oxygen atoms in total. The topological polar surface area (TPSA) is 44.8 Å². The summed E-state index contributed by atoms with van der Waals surface area (Å²) in [5, 5.41) is 3.32. The van der Waals surface area contributed by atoms with E-state index in [2.05, 4.69) is 46.1 Å². The van der Waals surface area contributed by atoms with Gasteiger partial charge >= 0.3 is 0 Å². The minimum Gasteiger partial charge on any atom is -0.348 e. The van der Waals surface area contributed by atoms with E-state index in [1.807, 2.05) is 6.20 Å². The molecule has 0 saturated carbocycles. The molecule has 2 aromatic heterocycles. The van der Waals surface area contributed by atoms with E-state index in [-0.39, 0.29) is 0 Å². The van der Waals surface area contributed by atoms with Crippen molar-refractivity contribution in [2.75, 3.05) is 7.05 Å². The van der Waals surface area contributed by atoms with Crippen LogP contribution in [-0.2, 0) is 13.1 Å². The van der Waals surface area contributed by atoms with Crippen LogP contribution in [-0.4, -0.2) is 26.9 Å². The Bertz CT molecular complexity index is 447.